The summed E-state index contributed by atoms with van der Waals surface area (Å²) in [7, 11) is 0. The smallest absolute Gasteiger partial charge is 0.257 e. The van der Waals surface area contributed by atoms with Crippen molar-refractivity contribution >= 4 is 27.5 Å². The van der Waals surface area contributed by atoms with Crippen molar-refractivity contribution in [3.63, 3.8) is 0 Å². The van der Waals surface area contributed by atoms with E-state index in [1.54, 1.807) is 38.1 Å². The Balaban J connectivity index is 2.28. The molecule has 0 radical (unpaired) electrons. The van der Waals surface area contributed by atoms with E-state index in [1.165, 1.54) is 0 Å². The van der Waals surface area contributed by atoms with E-state index in [9.17, 15) is 4.79 Å². The Bertz CT molecular complexity index is 722. The molecule has 2 rings (SSSR count). The Labute approximate surface area is 124 Å². The third-order valence-electron chi connectivity index (χ3n) is 2.69. The minimum absolute atomic E-state index is 0.258. The van der Waals surface area contributed by atoms with E-state index >= 15 is 0 Å². The Morgan fingerprint density at radius 1 is 1.30 bits per heavy atom. The predicted molar refractivity (Wildman–Crippen MR) is 78.3 cm³/mol. The van der Waals surface area contributed by atoms with Gasteiger partial charge in [-0.05, 0) is 54.0 Å². The van der Waals surface area contributed by atoms with Crippen molar-refractivity contribution in [1.82, 2.24) is 10.2 Å². The minimum atomic E-state index is -0.258. The van der Waals surface area contributed by atoms with Crippen LogP contribution in [-0.4, -0.2) is 16.1 Å². The number of hydrogen-bond donors (Lipinski definition) is 1. The Morgan fingerprint density at radius 2 is 2.05 bits per heavy atom. The van der Waals surface area contributed by atoms with Crippen LogP contribution in [0.1, 0.15) is 27.3 Å². The van der Waals surface area contributed by atoms with Crippen LogP contribution in [0.25, 0.3) is 0 Å². The average Bonchev–Trinajstić information content (AvgIpc) is 2.43. The number of carbonyl (C=O) groups excluding carboxylic acids is 1. The first-order chi connectivity index (χ1) is 9.51. The summed E-state index contributed by atoms with van der Waals surface area (Å²) >= 11 is 3.33. The van der Waals surface area contributed by atoms with Crippen molar-refractivity contribution in [3.05, 3.63) is 51.3 Å². The predicted octanol–water partition coefficient (Wildman–Crippen LogP) is 2.98. The van der Waals surface area contributed by atoms with Crippen LogP contribution in [0.15, 0.2) is 28.7 Å². The van der Waals surface area contributed by atoms with Crippen LogP contribution in [0.4, 0.5) is 5.69 Å². The number of nitrogens with one attached hydrogen (secondary N) is 1. The summed E-state index contributed by atoms with van der Waals surface area (Å²) in [6, 6.07) is 8.70. The third kappa shape index (κ3) is 3.00. The molecule has 6 heteroatoms. The lowest BCUT2D eigenvalue weighted by Gasteiger charge is -2.09. The monoisotopic (exact) mass is 330 g/mol. The van der Waals surface area contributed by atoms with Crippen LogP contribution in [0, 0.1) is 25.2 Å². The van der Waals surface area contributed by atoms with Crippen LogP contribution >= 0.6 is 15.9 Å². The van der Waals surface area contributed by atoms with Gasteiger partial charge in [0.15, 0.2) is 0 Å². The van der Waals surface area contributed by atoms with Gasteiger partial charge in [-0.3, -0.25) is 4.79 Å². The number of amides is 1. The number of hydrogen-bond acceptors (Lipinski definition) is 4. The van der Waals surface area contributed by atoms with E-state index < -0.39 is 0 Å². The molecule has 1 amide bonds. The number of aryl methyl sites for hydroxylation is 2. The highest BCUT2D eigenvalue weighted by molar-refractivity contribution is 9.10. The van der Waals surface area contributed by atoms with Gasteiger partial charge in [0.1, 0.15) is 0 Å². The van der Waals surface area contributed by atoms with Crippen LogP contribution < -0.4 is 5.32 Å². The molecule has 0 saturated heterocycles. The van der Waals surface area contributed by atoms with Crippen molar-refractivity contribution in [2.75, 3.05) is 5.32 Å². The third-order valence-corrected chi connectivity index (χ3v) is 3.35. The first-order valence-electron chi connectivity index (χ1n) is 5.83. The number of benzene rings is 1. The highest BCUT2D eigenvalue weighted by atomic mass is 79.9. The summed E-state index contributed by atoms with van der Waals surface area (Å²) in [6.45, 7) is 3.51. The summed E-state index contributed by atoms with van der Waals surface area (Å²) in [6.07, 6.45) is 0. The van der Waals surface area contributed by atoms with E-state index in [-0.39, 0.29) is 5.91 Å². The molecule has 0 aliphatic heterocycles. The zero-order valence-corrected chi connectivity index (χ0v) is 12.5. The van der Waals surface area contributed by atoms with Gasteiger partial charge in [-0.25, -0.2) is 0 Å². The van der Waals surface area contributed by atoms with Gasteiger partial charge in [0, 0.05) is 4.47 Å². The number of carbonyl (C=O) groups is 1. The Morgan fingerprint density at radius 3 is 2.70 bits per heavy atom. The van der Waals surface area contributed by atoms with Crippen LogP contribution in [0.2, 0.25) is 0 Å². The Kier molecular flexibility index (Phi) is 4.11. The molecule has 1 aromatic heterocycles. The summed E-state index contributed by atoms with van der Waals surface area (Å²) in [5.74, 6) is -0.258. The van der Waals surface area contributed by atoms with Gasteiger partial charge in [0.05, 0.1) is 34.3 Å². The van der Waals surface area contributed by atoms with E-state index in [2.05, 4.69) is 31.4 Å². The lowest BCUT2D eigenvalue weighted by atomic mass is 10.1. The zero-order chi connectivity index (χ0) is 14.7. The van der Waals surface area contributed by atoms with Crippen molar-refractivity contribution < 1.29 is 4.79 Å². The molecule has 0 unspecified atom stereocenters. The van der Waals surface area contributed by atoms with E-state index in [4.69, 9.17) is 5.26 Å². The van der Waals surface area contributed by atoms with Gasteiger partial charge < -0.3 is 5.32 Å². The standard InChI is InChI=1S/C14H11BrN4O/c1-8-5-11(9(2)19-18-8)14(20)17-13-4-3-10(7-16)6-12(13)15/h3-6H,1-2H3,(H,17,20). The number of anilines is 1. The zero-order valence-electron chi connectivity index (χ0n) is 10.9. The van der Waals surface area contributed by atoms with Gasteiger partial charge in [0.2, 0.25) is 0 Å². The molecule has 0 saturated carbocycles. The maximum Gasteiger partial charge on any atom is 0.257 e. The molecule has 1 heterocycles. The lowest BCUT2D eigenvalue weighted by molar-refractivity contribution is 0.102. The van der Waals surface area contributed by atoms with E-state index in [0.29, 0.717) is 32.7 Å². The average molecular weight is 331 g/mol. The van der Waals surface area contributed by atoms with Crippen molar-refractivity contribution in [2.24, 2.45) is 0 Å². The molecule has 0 bridgehead atoms. The van der Waals surface area contributed by atoms with Gasteiger partial charge >= 0.3 is 0 Å². The lowest BCUT2D eigenvalue weighted by Crippen LogP contribution is -2.15. The molecule has 0 aliphatic rings. The summed E-state index contributed by atoms with van der Waals surface area (Å²) in [5, 5.41) is 19.4. The first-order valence-corrected chi connectivity index (χ1v) is 6.62. The quantitative estimate of drug-likeness (QED) is 0.917. The normalized spacial score (nSPS) is 9.90. The summed E-state index contributed by atoms with van der Waals surface area (Å²) < 4.78 is 0.654. The Hall–Kier alpha value is -2.26. The van der Waals surface area contributed by atoms with Crippen molar-refractivity contribution in [1.29, 1.82) is 5.26 Å². The topological polar surface area (TPSA) is 78.7 Å². The maximum atomic E-state index is 12.2. The number of halogens is 1. The molecule has 20 heavy (non-hydrogen) atoms. The van der Waals surface area contributed by atoms with Crippen molar-refractivity contribution in [3.8, 4) is 6.07 Å². The minimum Gasteiger partial charge on any atom is -0.321 e. The SMILES string of the molecule is Cc1cc(C(=O)Nc2ccc(C#N)cc2Br)c(C)nn1. The molecule has 0 atom stereocenters. The first kappa shape index (κ1) is 14.2. The molecule has 100 valence electrons. The highest BCUT2D eigenvalue weighted by Gasteiger charge is 2.13. The molecule has 0 aliphatic carbocycles. The molecular weight excluding hydrogens is 320 g/mol. The van der Waals surface area contributed by atoms with Gasteiger partial charge in [0.25, 0.3) is 5.91 Å². The fourth-order valence-electron chi connectivity index (χ4n) is 1.66. The second-order valence-electron chi connectivity index (χ2n) is 4.25. The maximum absolute atomic E-state index is 12.2. The van der Waals surface area contributed by atoms with Crippen molar-refractivity contribution in [2.45, 2.75) is 13.8 Å². The molecule has 0 spiro atoms. The molecule has 2 aromatic rings. The van der Waals surface area contributed by atoms with Crippen LogP contribution in [0.3, 0.4) is 0 Å². The number of nitrogens with zero attached hydrogens (tertiary/aromatic N) is 3. The number of nitriles is 1. The van der Waals surface area contributed by atoms with Gasteiger partial charge in [-0.2, -0.15) is 15.5 Å². The van der Waals surface area contributed by atoms with E-state index in [1.807, 2.05) is 6.07 Å². The molecular formula is C14H11BrN4O. The molecule has 1 aromatic carbocycles. The second-order valence-corrected chi connectivity index (χ2v) is 5.10. The number of aromatic nitrogens is 2. The molecule has 0 fully saturated rings. The van der Waals surface area contributed by atoms with Gasteiger partial charge in [-0.15, -0.1) is 0 Å². The number of rotatable bonds is 2. The van der Waals surface area contributed by atoms with Crippen LogP contribution in [-0.2, 0) is 0 Å². The van der Waals surface area contributed by atoms with E-state index in [0.717, 1.165) is 0 Å². The highest BCUT2D eigenvalue weighted by Crippen LogP contribution is 2.24. The summed E-state index contributed by atoms with van der Waals surface area (Å²) in [5.41, 5.74) is 2.85. The second kappa shape index (κ2) is 5.80. The fourth-order valence-corrected chi connectivity index (χ4v) is 2.13. The summed E-state index contributed by atoms with van der Waals surface area (Å²) in [4.78, 5) is 12.2. The molecule has 5 nitrogen and oxygen atoms in total. The van der Waals surface area contributed by atoms with Crippen LogP contribution in [0.5, 0.6) is 0 Å². The molecule has 1 N–H and O–H groups in total. The largest absolute Gasteiger partial charge is 0.321 e. The fraction of sp³-hybridized carbons (Fsp3) is 0.143. The van der Waals surface area contributed by atoms with Gasteiger partial charge in [-0.1, -0.05) is 0 Å².